The van der Waals surface area contributed by atoms with Gasteiger partial charge in [-0.25, -0.2) is 4.79 Å². The number of carboxylic acids is 1. The summed E-state index contributed by atoms with van der Waals surface area (Å²) in [6, 6.07) is 3.99. The third-order valence-electron chi connectivity index (χ3n) is 1.55. The Kier molecular flexibility index (Phi) is 4.91. The monoisotopic (exact) mass is 242 g/mol. The zero-order chi connectivity index (χ0) is 11.3. The number of hydrogen-bond acceptors (Lipinski definition) is 3. The second-order valence-corrected chi connectivity index (χ2v) is 5.97. The smallest absolute Gasteiger partial charge is 0.328 e. The molecule has 4 heteroatoms. The van der Waals surface area contributed by atoms with Gasteiger partial charge in [-0.1, -0.05) is 13.8 Å². The van der Waals surface area contributed by atoms with E-state index in [1.807, 2.05) is 23.9 Å². The summed E-state index contributed by atoms with van der Waals surface area (Å²) in [5.74, 6) is 0.873. The van der Waals surface area contributed by atoms with Crippen LogP contribution < -0.4 is 0 Å². The highest BCUT2D eigenvalue weighted by Crippen LogP contribution is 2.29. The standard InChI is InChI=1S/C11H14O2S2/c1-8(2)7-14-11-6-4-9(15-11)3-5-10(12)13/h3-6,8H,7H2,1-2H3,(H,12,13)/b5-3+. The highest BCUT2D eigenvalue weighted by molar-refractivity contribution is 8.01. The van der Waals surface area contributed by atoms with E-state index in [2.05, 4.69) is 13.8 Å². The molecule has 15 heavy (non-hydrogen) atoms. The molecular weight excluding hydrogens is 228 g/mol. The van der Waals surface area contributed by atoms with Crippen LogP contribution in [0.5, 0.6) is 0 Å². The average Bonchev–Trinajstić information content (AvgIpc) is 2.59. The molecule has 0 unspecified atom stereocenters. The summed E-state index contributed by atoms with van der Waals surface area (Å²) in [5.41, 5.74) is 0. The molecule has 0 aliphatic rings. The second-order valence-electron chi connectivity index (χ2n) is 3.53. The van der Waals surface area contributed by atoms with E-state index in [9.17, 15) is 4.79 Å². The van der Waals surface area contributed by atoms with Crippen LogP contribution in [0.3, 0.4) is 0 Å². The van der Waals surface area contributed by atoms with Gasteiger partial charge in [-0.15, -0.1) is 23.1 Å². The minimum Gasteiger partial charge on any atom is -0.478 e. The number of hydrogen-bond donors (Lipinski definition) is 1. The molecule has 2 nitrogen and oxygen atoms in total. The molecule has 0 fully saturated rings. The molecule has 0 bridgehead atoms. The fourth-order valence-electron chi connectivity index (χ4n) is 0.904. The van der Waals surface area contributed by atoms with E-state index >= 15 is 0 Å². The van der Waals surface area contributed by atoms with Crippen molar-refractivity contribution in [1.82, 2.24) is 0 Å². The number of thiophene rings is 1. The summed E-state index contributed by atoms with van der Waals surface area (Å²) in [6.45, 7) is 4.37. The Labute approximate surface area is 98.0 Å². The molecule has 1 heterocycles. The summed E-state index contributed by atoms with van der Waals surface area (Å²) >= 11 is 3.45. The number of aliphatic carboxylic acids is 1. The van der Waals surface area contributed by atoms with Gasteiger partial charge < -0.3 is 5.11 Å². The molecule has 0 saturated carbocycles. The predicted octanol–water partition coefficient (Wildman–Crippen LogP) is 3.59. The molecule has 0 aliphatic heterocycles. The SMILES string of the molecule is CC(C)CSc1ccc(/C=C/C(=O)O)s1. The molecule has 0 atom stereocenters. The van der Waals surface area contributed by atoms with Gasteiger partial charge in [-0.05, 0) is 24.1 Å². The van der Waals surface area contributed by atoms with Crippen molar-refractivity contribution in [2.45, 2.75) is 18.1 Å². The normalized spacial score (nSPS) is 11.4. The molecule has 0 saturated heterocycles. The first-order valence-corrected chi connectivity index (χ1v) is 6.52. The van der Waals surface area contributed by atoms with Gasteiger partial charge in [0.1, 0.15) is 0 Å². The van der Waals surface area contributed by atoms with Gasteiger partial charge in [-0.2, -0.15) is 0 Å². The van der Waals surface area contributed by atoms with E-state index < -0.39 is 5.97 Å². The Hall–Kier alpha value is -0.740. The van der Waals surface area contributed by atoms with Gasteiger partial charge in [0.15, 0.2) is 0 Å². The number of carbonyl (C=O) groups is 1. The van der Waals surface area contributed by atoms with Gasteiger partial charge in [-0.3, -0.25) is 0 Å². The minimum atomic E-state index is -0.903. The summed E-state index contributed by atoms with van der Waals surface area (Å²) in [5, 5.41) is 8.47. The molecule has 0 amide bonds. The lowest BCUT2D eigenvalue weighted by atomic mass is 10.3. The van der Waals surface area contributed by atoms with Crippen LogP contribution in [0, 0.1) is 5.92 Å². The fraction of sp³-hybridized carbons (Fsp3) is 0.364. The van der Waals surface area contributed by atoms with Crippen molar-refractivity contribution < 1.29 is 9.90 Å². The van der Waals surface area contributed by atoms with Gasteiger partial charge >= 0.3 is 5.97 Å². The van der Waals surface area contributed by atoms with Crippen LogP contribution in [0.15, 0.2) is 22.4 Å². The third kappa shape index (κ3) is 5.04. The lowest BCUT2D eigenvalue weighted by Gasteiger charge is -2.00. The summed E-state index contributed by atoms with van der Waals surface area (Å²) in [6.07, 6.45) is 2.80. The van der Waals surface area contributed by atoms with Crippen molar-refractivity contribution >= 4 is 35.1 Å². The maximum absolute atomic E-state index is 10.3. The highest BCUT2D eigenvalue weighted by Gasteiger charge is 2.00. The van der Waals surface area contributed by atoms with E-state index in [1.54, 1.807) is 17.4 Å². The zero-order valence-electron chi connectivity index (χ0n) is 8.77. The van der Waals surface area contributed by atoms with Gasteiger partial charge in [0.2, 0.25) is 0 Å². The average molecular weight is 242 g/mol. The lowest BCUT2D eigenvalue weighted by molar-refractivity contribution is -0.131. The van der Waals surface area contributed by atoms with E-state index in [0.717, 1.165) is 10.6 Å². The van der Waals surface area contributed by atoms with Crippen LogP contribution in [-0.4, -0.2) is 16.8 Å². The first-order valence-electron chi connectivity index (χ1n) is 4.71. The summed E-state index contributed by atoms with van der Waals surface area (Å²) in [7, 11) is 0. The Morgan fingerprint density at radius 1 is 1.60 bits per heavy atom. The minimum absolute atomic E-state index is 0.676. The van der Waals surface area contributed by atoms with Crippen molar-refractivity contribution in [3.8, 4) is 0 Å². The molecule has 0 aromatic carbocycles. The molecule has 1 aromatic heterocycles. The first-order chi connectivity index (χ1) is 7.08. The molecule has 1 aromatic rings. The van der Waals surface area contributed by atoms with Crippen LogP contribution in [0.2, 0.25) is 0 Å². The molecule has 0 spiro atoms. The highest BCUT2D eigenvalue weighted by atomic mass is 32.2. The quantitative estimate of drug-likeness (QED) is 0.633. The molecular formula is C11H14O2S2. The first kappa shape index (κ1) is 12.3. The predicted molar refractivity (Wildman–Crippen MR) is 66.6 cm³/mol. The van der Waals surface area contributed by atoms with Crippen molar-refractivity contribution in [1.29, 1.82) is 0 Å². The third-order valence-corrected chi connectivity index (χ3v) is 4.25. The Morgan fingerprint density at radius 2 is 2.33 bits per heavy atom. The molecule has 0 radical (unpaired) electrons. The van der Waals surface area contributed by atoms with E-state index in [0.29, 0.717) is 5.92 Å². The maximum Gasteiger partial charge on any atom is 0.328 e. The van der Waals surface area contributed by atoms with Crippen LogP contribution in [0.25, 0.3) is 6.08 Å². The summed E-state index contributed by atoms with van der Waals surface area (Å²) in [4.78, 5) is 11.3. The van der Waals surface area contributed by atoms with Crippen molar-refractivity contribution in [2.24, 2.45) is 5.92 Å². The second kappa shape index (κ2) is 5.98. The van der Waals surface area contributed by atoms with Crippen molar-refractivity contribution in [3.63, 3.8) is 0 Å². The van der Waals surface area contributed by atoms with Crippen molar-refractivity contribution in [2.75, 3.05) is 5.75 Å². The topological polar surface area (TPSA) is 37.3 Å². The lowest BCUT2D eigenvalue weighted by Crippen LogP contribution is -1.88. The van der Waals surface area contributed by atoms with Crippen LogP contribution >= 0.6 is 23.1 Å². The van der Waals surface area contributed by atoms with E-state index in [1.165, 1.54) is 10.3 Å². The molecule has 0 aliphatic carbocycles. The molecule has 1 rings (SSSR count). The maximum atomic E-state index is 10.3. The van der Waals surface area contributed by atoms with Crippen LogP contribution in [-0.2, 0) is 4.79 Å². The largest absolute Gasteiger partial charge is 0.478 e. The Balaban J connectivity index is 2.52. The molecule has 82 valence electrons. The fourth-order valence-corrected chi connectivity index (χ4v) is 2.93. The molecule has 1 N–H and O–H groups in total. The van der Waals surface area contributed by atoms with Gasteiger partial charge in [0.25, 0.3) is 0 Å². The number of thioether (sulfide) groups is 1. The van der Waals surface area contributed by atoms with Crippen LogP contribution in [0.1, 0.15) is 18.7 Å². The zero-order valence-corrected chi connectivity index (χ0v) is 10.4. The van der Waals surface area contributed by atoms with E-state index in [-0.39, 0.29) is 0 Å². The van der Waals surface area contributed by atoms with Crippen LogP contribution in [0.4, 0.5) is 0 Å². The van der Waals surface area contributed by atoms with Gasteiger partial charge in [0, 0.05) is 16.7 Å². The van der Waals surface area contributed by atoms with Crippen molar-refractivity contribution in [3.05, 3.63) is 23.1 Å². The van der Waals surface area contributed by atoms with E-state index in [4.69, 9.17) is 5.11 Å². The Morgan fingerprint density at radius 3 is 2.93 bits per heavy atom. The number of rotatable bonds is 5. The van der Waals surface area contributed by atoms with Gasteiger partial charge in [0.05, 0.1) is 4.21 Å². The summed E-state index contributed by atoms with van der Waals surface area (Å²) < 4.78 is 1.24. The Bertz CT molecular complexity index is 353. The number of carboxylic acid groups (broad SMARTS) is 1.